The highest BCUT2D eigenvalue weighted by molar-refractivity contribution is 7.91. The summed E-state index contributed by atoms with van der Waals surface area (Å²) in [5.41, 5.74) is 5.93. The summed E-state index contributed by atoms with van der Waals surface area (Å²) >= 11 is 0. The zero-order valence-electron chi connectivity index (χ0n) is 13.8. The van der Waals surface area contributed by atoms with Gasteiger partial charge in [0.25, 0.3) is 0 Å². The lowest BCUT2D eigenvalue weighted by Gasteiger charge is -2.14. The van der Waals surface area contributed by atoms with Gasteiger partial charge in [-0.3, -0.25) is 0 Å². The van der Waals surface area contributed by atoms with Crippen molar-refractivity contribution in [2.24, 2.45) is 5.73 Å². The van der Waals surface area contributed by atoms with Gasteiger partial charge in [0, 0.05) is 6.54 Å². The van der Waals surface area contributed by atoms with Gasteiger partial charge in [0.2, 0.25) is 0 Å². The van der Waals surface area contributed by atoms with Crippen LogP contribution in [0.5, 0.6) is 5.75 Å². The zero-order valence-corrected chi connectivity index (χ0v) is 15.4. The molecule has 7 heteroatoms. The van der Waals surface area contributed by atoms with E-state index in [0.29, 0.717) is 5.75 Å². The fourth-order valence-corrected chi connectivity index (χ4v) is 3.61. The first-order valence-corrected chi connectivity index (χ1v) is 9.06. The molecule has 0 bridgehead atoms. The molecule has 2 aromatic rings. The van der Waals surface area contributed by atoms with Gasteiger partial charge >= 0.3 is 0 Å². The number of benzene rings is 2. The number of nitrogens with two attached hydrogens (primary N) is 1. The number of halogens is 2. The van der Waals surface area contributed by atoms with Crippen LogP contribution in [-0.4, -0.2) is 21.6 Å². The summed E-state index contributed by atoms with van der Waals surface area (Å²) in [7, 11) is -3.51. The largest absolute Gasteiger partial charge is 0.487 e. The lowest BCUT2D eigenvalue weighted by atomic mass is 10.2. The molecule has 0 aliphatic heterocycles. The Morgan fingerprint density at radius 1 is 1.16 bits per heavy atom. The molecular formula is C18H21ClFNO3S. The minimum absolute atomic E-state index is 0. The number of ether oxygens (including phenoxy) is 1. The fraction of sp³-hybridized carbons (Fsp3) is 0.222. The van der Waals surface area contributed by atoms with Gasteiger partial charge in [-0.1, -0.05) is 30.3 Å². The molecule has 25 heavy (non-hydrogen) atoms. The first kappa shape index (κ1) is 21.2. The molecule has 2 rings (SSSR count). The van der Waals surface area contributed by atoms with Crippen LogP contribution in [-0.2, 0) is 9.84 Å². The monoisotopic (exact) mass is 385 g/mol. The second-order valence-corrected chi connectivity index (χ2v) is 7.51. The number of rotatable bonds is 7. The molecule has 2 N–H and O–H groups in total. The van der Waals surface area contributed by atoms with E-state index >= 15 is 0 Å². The van der Waals surface area contributed by atoms with Crippen molar-refractivity contribution in [2.45, 2.75) is 17.1 Å². The van der Waals surface area contributed by atoms with E-state index in [9.17, 15) is 12.8 Å². The van der Waals surface area contributed by atoms with Gasteiger partial charge in [-0.25, -0.2) is 12.8 Å². The van der Waals surface area contributed by atoms with Crippen LogP contribution in [0.3, 0.4) is 0 Å². The molecule has 0 spiro atoms. The van der Waals surface area contributed by atoms with Crippen LogP contribution >= 0.6 is 12.4 Å². The summed E-state index contributed by atoms with van der Waals surface area (Å²) in [6.07, 6.45) is 1.22. The van der Waals surface area contributed by atoms with E-state index in [1.807, 2.05) is 18.2 Å². The molecule has 0 radical (unpaired) electrons. The minimum Gasteiger partial charge on any atom is -0.487 e. The van der Waals surface area contributed by atoms with E-state index in [4.69, 9.17) is 10.5 Å². The zero-order chi connectivity index (χ0) is 17.6. The van der Waals surface area contributed by atoms with Crippen LogP contribution in [0.25, 0.3) is 0 Å². The summed E-state index contributed by atoms with van der Waals surface area (Å²) in [5.74, 6) is -0.0752. The maximum Gasteiger partial charge on any atom is 0.185 e. The van der Waals surface area contributed by atoms with Gasteiger partial charge in [0.15, 0.2) is 9.84 Å². The molecule has 0 aromatic heterocycles. The third-order valence-corrected chi connectivity index (χ3v) is 5.74. The summed E-state index contributed by atoms with van der Waals surface area (Å²) in [6.45, 7) is 1.52. The van der Waals surface area contributed by atoms with E-state index in [0.717, 1.165) is 5.56 Å². The maximum atomic E-state index is 13.2. The fourth-order valence-electron chi connectivity index (χ4n) is 2.17. The number of sulfone groups is 1. The molecule has 4 nitrogen and oxygen atoms in total. The lowest BCUT2D eigenvalue weighted by Crippen LogP contribution is -2.10. The van der Waals surface area contributed by atoms with Gasteiger partial charge in [0.1, 0.15) is 18.2 Å². The summed E-state index contributed by atoms with van der Waals surface area (Å²) in [4.78, 5) is 0.198. The SMILES string of the molecule is CC(c1ccccc1)S(=O)(=O)c1ccc(OCC(F)=CCN)cc1.Cl. The summed E-state index contributed by atoms with van der Waals surface area (Å²) in [5, 5.41) is -0.657. The highest BCUT2D eigenvalue weighted by Gasteiger charge is 2.24. The van der Waals surface area contributed by atoms with Crippen molar-refractivity contribution in [3.05, 3.63) is 72.1 Å². The molecule has 136 valence electrons. The van der Waals surface area contributed by atoms with Crippen LogP contribution in [0.15, 0.2) is 71.4 Å². The minimum atomic E-state index is -3.51. The van der Waals surface area contributed by atoms with Crippen molar-refractivity contribution in [1.82, 2.24) is 0 Å². The van der Waals surface area contributed by atoms with Crippen LogP contribution in [0.1, 0.15) is 17.7 Å². The summed E-state index contributed by atoms with van der Waals surface area (Å²) in [6, 6.07) is 15.0. The molecule has 0 amide bonds. The average Bonchev–Trinajstić information content (AvgIpc) is 2.60. The van der Waals surface area contributed by atoms with Crippen molar-refractivity contribution < 1.29 is 17.5 Å². The molecule has 0 aliphatic carbocycles. The first-order chi connectivity index (χ1) is 11.4. The highest BCUT2D eigenvalue weighted by Crippen LogP contribution is 2.29. The Kier molecular flexibility index (Phi) is 8.09. The van der Waals surface area contributed by atoms with Crippen LogP contribution in [0.4, 0.5) is 4.39 Å². The maximum absolute atomic E-state index is 13.2. The van der Waals surface area contributed by atoms with Crippen molar-refractivity contribution in [2.75, 3.05) is 13.2 Å². The van der Waals surface area contributed by atoms with Crippen LogP contribution in [0.2, 0.25) is 0 Å². The quantitative estimate of drug-likeness (QED) is 0.786. The Morgan fingerprint density at radius 2 is 1.76 bits per heavy atom. The molecule has 0 fully saturated rings. The van der Waals surface area contributed by atoms with E-state index in [1.165, 1.54) is 30.3 Å². The number of hydrogen-bond donors (Lipinski definition) is 1. The van der Waals surface area contributed by atoms with E-state index in [1.54, 1.807) is 19.1 Å². The molecule has 1 unspecified atom stereocenters. The van der Waals surface area contributed by atoms with Gasteiger partial charge in [-0.2, -0.15) is 0 Å². The topological polar surface area (TPSA) is 69.4 Å². The molecule has 2 aromatic carbocycles. The third-order valence-electron chi connectivity index (χ3n) is 3.60. The Labute approximate surface area is 153 Å². The predicted octanol–water partition coefficient (Wildman–Crippen LogP) is 3.83. The molecule has 0 saturated carbocycles. The molecule has 0 aliphatic rings. The van der Waals surface area contributed by atoms with Gasteiger partial charge in [-0.15, -0.1) is 12.4 Å². The van der Waals surface area contributed by atoms with E-state index in [-0.39, 0.29) is 30.5 Å². The standard InChI is InChI=1S/C18H20FNO3S.ClH/c1-14(15-5-3-2-4-6-15)24(21,22)18-9-7-17(8-10-18)23-13-16(19)11-12-20;/h2-11,14H,12-13,20H2,1H3;1H. The smallest absolute Gasteiger partial charge is 0.185 e. The first-order valence-electron chi connectivity index (χ1n) is 7.51. The molecule has 1 atom stereocenters. The van der Waals surface area contributed by atoms with Crippen LogP contribution in [0, 0.1) is 0 Å². The number of hydrogen-bond acceptors (Lipinski definition) is 4. The van der Waals surface area contributed by atoms with Crippen molar-refractivity contribution >= 4 is 22.2 Å². The Bertz CT molecular complexity index is 793. The lowest BCUT2D eigenvalue weighted by molar-refractivity contribution is 0.318. The Hall–Kier alpha value is -1.89. The predicted molar refractivity (Wildman–Crippen MR) is 99.5 cm³/mol. The van der Waals surface area contributed by atoms with Gasteiger partial charge < -0.3 is 10.5 Å². The van der Waals surface area contributed by atoms with E-state index in [2.05, 4.69) is 0 Å². The second kappa shape index (κ2) is 9.56. The third kappa shape index (κ3) is 5.56. The Balaban J connectivity index is 0.00000312. The molecular weight excluding hydrogens is 365 g/mol. The normalized spacial score (nSPS) is 13.0. The Morgan fingerprint density at radius 3 is 2.32 bits per heavy atom. The second-order valence-electron chi connectivity index (χ2n) is 5.24. The van der Waals surface area contributed by atoms with Gasteiger partial charge in [0.05, 0.1) is 10.1 Å². The van der Waals surface area contributed by atoms with E-state index < -0.39 is 20.9 Å². The summed E-state index contributed by atoms with van der Waals surface area (Å²) < 4.78 is 43.8. The molecule has 0 heterocycles. The molecule has 0 saturated heterocycles. The van der Waals surface area contributed by atoms with Gasteiger partial charge in [-0.05, 0) is 42.8 Å². The van der Waals surface area contributed by atoms with Crippen molar-refractivity contribution in [3.63, 3.8) is 0 Å². The highest BCUT2D eigenvalue weighted by atomic mass is 35.5. The van der Waals surface area contributed by atoms with Crippen LogP contribution < -0.4 is 10.5 Å². The van der Waals surface area contributed by atoms with Crippen molar-refractivity contribution in [3.8, 4) is 5.75 Å². The average molecular weight is 386 g/mol. The van der Waals surface area contributed by atoms with Crippen molar-refractivity contribution in [1.29, 1.82) is 0 Å².